The maximum absolute atomic E-state index is 11.9. The maximum atomic E-state index is 11.9. The lowest BCUT2D eigenvalue weighted by atomic mass is 10.1. The van der Waals surface area contributed by atoms with Gasteiger partial charge >= 0.3 is 5.69 Å². The molecule has 1 atom stereocenters. The number of benzene rings is 1. The van der Waals surface area contributed by atoms with Gasteiger partial charge in [0.15, 0.2) is 5.16 Å². The van der Waals surface area contributed by atoms with Gasteiger partial charge < -0.3 is 9.47 Å². The molecule has 1 aromatic heterocycles. The summed E-state index contributed by atoms with van der Waals surface area (Å²) in [6.45, 7) is 1.70. The van der Waals surface area contributed by atoms with Crippen LogP contribution < -0.4 is 5.69 Å². The fourth-order valence-corrected chi connectivity index (χ4v) is 3.33. The Labute approximate surface area is 132 Å². The second-order valence-electron chi connectivity index (χ2n) is 5.11. The summed E-state index contributed by atoms with van der Waals surface area (Å²) in [7, 11) is 0. The molecule has 1 aromatic carbocycles. The highest BCUT2D eigenvalue weighted by Crippen LogP contribution is 2.19. The Morgan fingerprint density at radius 3 is 3.00 bits per heavy atom. The van der Waals surface area contributed by atoms with Crippen molar-refractivity contribution in [3.63, 3.8) is 0 Å². The second kappa shape index (κ2) is 7.62. The van der Waals surface area contributed by atoms with E-state index in [0.717, 1.165) is 30.4 Å². The average Bonchev–Trinajstić information content (AvgIpc) is 2.93. The molecule has 118 valence electrons. The van der Waals surface area contributed by atoms with E-state index in [-0.39, 0.29) is 11.8 Å². The zero-order valence-corrected chi connectivity index (χ0v) is 13.1. The van der Waals surface area contributed by atoms with Crippen molar-refractivity contribution in [1.82, 2.24) is 14.8 Å². The normalized spacial score (nSPS) is 18.5. The van der Waals surface area contributed by atoms with Gasteiger partial charge in [-0.05, 0) is 18.4 Å². The van der Waals surface area contributed by atoms with Crippen molar-refractivity contribution in [2.24, 2.45) is 0 Å². The standard InChI is InChI=1S/C15H19N3O3S/c19-14-16-17-15(22-10-13-7-9-20-11-21-13)18(14)8-6-12-4-2-1-3-5-12/h1-5,13H,6-11H2,(H,16,19)/t13-/m1/s1. The van der Waals surface area contributed by atoms with Crippen LogP contribution in [-0.4, -0.2) is 40.0 Å². The summed E-state index contributed by atoms with van der Waals surface area (Å²) in [5, 5.41) is 7.36. The maximum Gasteiger partial charge on any atom is 0.343 e. The third-order valence-corrected chi connectivity index (χ3v) is 4.67. The Kier molecular flexibility index (Phi) is 5.31. The molecule has 7 heteroatoms. The van der Waals surface area contributed by atoms with Gasteiger partial charge in [-0.25, -0.2) is 9.89 Å². The van der Waals surface area contributed by atoms with Crippen LogP contribution in [0.3, 0.4) is 0 Å². The first-order valence-corrected chi connectivity index (χ1v) is 8.33. The number of thioether (sulfide) groups is 1. The first-order chi connectivity index (χ1) is 10.8. The quantitative estimate of drug-likeness (QED) is 0.820. The molecule has 1 N–H and O–H groups in total. The second-order valence-corrected chi connectivity index (χ2v) is 6.10. The fourth-order valence-electron chi connectivity index (χ4n) is 2.30. The van der Waals surface area contributed by atoms with Gasteiger partial charge in [-0.1, -0.05) is 42.1 Å². The molecular formula is C15H19N3O3S. The minimum absolute atomic E-state index is 0.160. The predicted octanol–water partition coefficient (Wildman–Crippen LogP) is 1.67. The highest BCUT2D eigenvalue weighted by atomic mass is 32.2. The first-order valence-electron chi connectivity index (χ1n) is 7.34. The number of aryl methyl sites for hydroxylation is 1. The lowest BCUT2D eigenvalue weighted by molar-refractivity contribution is -0.130. The monoisotopic (exact) mass is 321 g/mol. The SMILES string of the molecule is O=c1[nH]nc(SC[C@H]2CCOCO2)n1CCc1ccccc1. The summed E-state index contributed by atoms with van der Waals surface area (Å²) in [6.07, 6.45) is 1.85. The topological polar surface area (TPSA) is 69.1 Å². The number of aromatic nitrogens is 3. The van der Waals surface area contributed by atoms with Crippen LogP contribution >= 0.6 is 11.8 Å². The molecular weight excluding hydrogens is 302 g/mol. The van der Waals surface area contributed by atoms with Gasteiger partial charge in [0.25, 0.3) is 0 Å². The molecule has 0 radical (unpaired) electrons. The summed E-state index contributed by atoms with van der Waals surface area (Å²) >= 11 is 1.55. The van der Waals surface area contributed by atoms with Crippen LogP contribution in [0.2, 0.25) is 0 Å². The number of ether oxygens (including phenoxy) is 2. The molecule has 1 fully saturated rings. The number of hydrogen-bond acceptors (Lipinski definition) is 5. The number of nitrogens with one attached hydrogen (secondary N) is 1. The summed E-state index contributed by atoms with van der Waals surface area (Å²) in [5.74, 6) is 0.777. The molecule has 2 heterocycles. The lowest BCUT2D eigenvalue weighted by Gasteiger charge is -2.22. The Hall–Kier alpha value is -1.57. The van der Waals surface area contributed by atoms with E-state index in [0.29, 0.717) is 13.3 Å². The largest absolute Gasteiger partial charge is 0.355 e. The first kappa shape index (κ1) is 15.3. The molecule has 6 nitrogen and oxygen atoms in total. The Bertz CT molecular complexity index is 635. The zero-order chi connectivity index (χ0) is 15.2. The van der Waals surface area contributed by atoms with Gasteiger partial charge in [0, 0.05) is 12.3 Å². The van der Waals surface area contributed by atoms with Gasteiger partial charge in [0.05, 0.1) is 12.7 Å². The van der Waals surface area contributed by atoms with Gasteiger partial charge in [0.1, 0.15) is 6.79 Å². The van der Waals surface area contributed by atoms with Crippen LogP contribution in [0.1, 0.15) is 12.0 Å². The number of aromatic amines is 1. The van der Waals surface area contributed by atoms with Crippen molar-refractivity contribution in [1.29, 1.82) is 0 Å². The number of nitrogens with zero attached hydrogens (tertiary/aromatic N) is 2. The molecule has 0 saturated carbocycles. The summed E-state index contributed by atoms with van der Waals surface area (Å²) in [5.41, 5.74) is 1.05. The van der Waals surface area contributed by atoms with Crippen LogP contribution in [0, 0.1) is 0 Å². The molecule has 1 aliphatic heterocycles. The van der Waals surface area contributed by atoms with E-state index in [1.807, 2.05) is 18.2 Å². The van der Waals surface area contributed by atoms with Crippen molar-refractivity contribution in [2.45, 2.75) is 30.6 Å². The van der Waals surface area contributed by atoms with Crippen LogP contribution in [0.15, 0.2) is 40.3 Å². The van der Waals surface area contributed by atoms with Gasteiger partial charge in [-0.3, -0.25) is 4.57 Å². The van der Waals surface area contributed by atoms with Crippen LogP contribution in [0.4, 0.5) is 0 Å². The van der Waals surface area contributed by atoms with Gasteiger partial charge in [-0.15, -0.1) is 5.10 Å². The van der Waals surface area contributed by atoms with Crippen LogP contribution in [-0.2, 0) is 22.4 Å². The van der Waals surface area contributed by atoms with E-state index in [9.17, 15) is 4.79 Å². The van der Waals surface area contributed by atoms with Gasteiger partial charge in [0.2, 0.25) is 0 Å². The Balaban J connectivity index is 1.59. The molecule has 2 aromatic rings. The minimum Gasteiger partial charge on any atom is -0.355 e. The zero-order valence-electron chi connectivity index (χ0n) is 12.2. The van der Waals surface area contributed by atoms with E-state index in [1.165, 1.54) is 5.56 Å². The van der Waals surface area contributed by atoms with Gasteiger partial charge in [-0.2, -0.15) is 0 Å². The summed E-state index contributed by atoms with van der Waals surface area (Å²) in [6, 6.07) is 10.1. The average molecular weight is 321 g/mol. The summed E-state index contributed by atoms with van der Waals surface area (Å²) < 4.78 is 12.4. The number of rotatable bonds is 6. The minimum atomic E-state index is -0.161. The van der Waals surface area contributed by atoms with E-state index < -0.39 is 0 Å². The molecule has 0 aliphatic carbocycles. The number of H-pyrrole nitrogens is 1. The highest BCUT2D eigenvalue weighted by molar-refractivity contribution is 7.99. The lowest BCUT2D eigenvalue weighted by Crippen LogP contribution is -2.26. The Morgan fingerprint density at radius 1 is 1.36 bits per heavy atom. The van der Waals surface area contributed by atoms with E-state index in [4.69, 9.17) is 9.47 Å². The molecule has 1 aliphatic rings. The molecule has 0 spiro atoms. The van der Waals surface area contributed by atoms with Crippen molar-refractivity contribution in [3.8, 4) is 0 Å². The molecule has 0 amide bonds. The van der Waals surface area contributed by atoms with Crippen LogP contribution in [0.5, 0.6) is 0 Å². The fraction of sp³-hybridized carbons (Fsp3) is 0.467. The molecule has 3 rings (SSSR count). The Morgan fingerprint density at radius 2 is 2.23 bits per heavy atom. The van der Waals surface area contributed by atoms with E-state index in [2.05, 4.69) is 22.3 Å². The number of hydrogen-bond donors (Lipinski definition) is 1. The van der Waals surface area contributed by atoms with Crippen LogP contribution in [0.25, 0.3) is 0 Å². The van der Waals surface area contributed by atoms with Crippen molar-refractivity contribution < 1.29 is 9.47 Å². The third kappa shape index (κ3) is 4.00. The van der Waals surface area contributed by atoms with E-state index in [1.54, 1.807) is 16.3 Å². The predicted molar refractivity (Wildman–Crippen MR) is 84.0 cm³/mol. The highest BCUT2D eigenvalue weighted by Gasteiger charge is 2.17. The van der Waals surface area contributed by atoms with E-state index >= 15 is 0 Å². The third-order valence-electron chi connectivity index (χ3n) is 3.56. The molecule has 22 heavy (non-hydrogen) atoms. The molecule has 0 bridgehead atoms. The smallest absolute Gasteiger partial charge is 0.343 e. The van der Waals surface area contributed by atoms with Crippen molar-refractivity contribution >= 4 is 11.8 Å². The molecule has 1 saturated heterocycles. The molecule has 0 unspecified atom stereocenters. The van der Waals surface area contributed by atoms with Crippen molar-refractivity contribution in [2.75, 3.05) is 19.2 Å². The van der Waals surface area contributed by atoms with Crippen molar-refractivity contribution in [3.05, 3.63) is 46.4 Å². The summed E-state index contributed by atoms with van der Waals surface area (Å²) in [4.78, 5) is 11.9.